The fourth-order valence-corrected chi connectivity index (χ4v) is 4.47. The third-order valence-corrected chi connectivity index (χ3v) is 5.42. The van der Waals surface area contributed by atoms with E-state index in [0.717, 1.165) is 33.9 Å². The van der Waals surface area contributed by atoms with Crippen LogP contribution in [-0.2, 0) is 0 Å². The Morgan fingerprint density at radius 3 is 2.71 bits per heavy atom. The minimum atomic E-state index is -0.188. The molecule has 0 amide bonds. The number of anilines is 1. The molecule has 4 rings (SSSR count). The summed E-state index contributed by atoms with van der Waals surface area (Å²) in [5.74, 6) is 1.68. The van der Waals surface area contributed by atoms with E-state index >= 15 is 0 Å². The molecule has 1 atom stereocenters. The van der Waals surface area contributed by atoms with Crippen LogP contribution >= 0.6 is 0 Å². The highest BCUT2D eigenvalue weighted by molar-refractivity contribution is 5.91. The van der Waals surface area contributed by atoms with Crippen LogP contribution in [0.25, 0.3) is 16.7 Å². The van der Waals surface area contributed by atoms with Gasteiger partial charge >= 0.3 is 0 Å². The molecule has 0 saturated carbocycles. The molecule has 3 heteroatoms. The first kappa shape index (κ1) is 18.5. The molecule has 28 heavy (non-hydrogen) atoms. The number of hydrogen-bond acceptors (Lipinski definition) is 3. The van der Waals surface area contributed by atoms with Gasteiger partial charge in [0.15, 0.2) is 6.10 Å². The molecule has 2 aliphatic heterocycles. The average molecular weight is 373 g/mol. The van der Waals surface area contributed by atoms with E-state index in [-0.39, 0.29) is 11.6 Å². The first-order valence-electron chi connectivity index (χ1n) is 9.73. The molecule has 0 radical (unpaired) electrons. The van der Waals surface area contributed by atoms with Crippen molar-refractivity contribution in [3.63, 3.8) is 0 Å². The molecule has 2 aromatic rings. The quantitative estimate of drug-likeness (QED) is 0.608. The SMILES string of the molecule is CC=C=C(C)C1Oc2cccc(OC)c2-c2ccc3c(c21)C(C)=CC(C)(C)N3. The number of ether oxygens (including phenoxy) is 2. The Kier molecular flexibility index (Phi) is 4.36. The van der Waals surface area contributed by atoms with Gasteiger partial charge in [0.05, 0.1) is 18.2 Å². The monoisotopic (exact) mass is 373 g/mol. The summed E-state index contributed by atoms with van der Waals surface area (Å²) < 4.78 is 12.2. The first-order valence-corrected chi connectivity index (χ1v) is 9.73. The summed E-state index contributed by atoms with van der Waals surface area (Å²) in [6.07, 6.45) is 4.05. The minimum Gasteiger partial charge on any atom is -0.496 e. The Bertz CT molecular complexity index is 1050. The topological polar surface area (TPSA) is 30.5 Å². The van der Waals surface area contributed by atoms with E-state index in [2.05, 4.69) is 57.0 Å². The van der Waals surface area contributed by atoms with Gasteiger partial charge in [-0.15, -0.1) is 5.73 Å². The van der Waals surface area contributed by atoms with E-state index in [4.69, 9.17) is 9.47 Å². The third-order valence-electron chi connectivity index (χ3n) is 5.42. The Morgan fingerprint density at radius 1 is 1.21 bits per heavy atom. The lowest BCUT2D eigenvalue weighted by atomic mass is 9.80. The Labute approximate surface area is 167 Å². The van der Waals surface area contributed by atoms with Crippen molar-refractivity contribution in [1.82, 2.24) is 0 Å². The number of fused-ring (bicyclic) bond motifs is 5. The molecule has 1 N–H and O–H groups in total. The van der Waals surface area contributed by atoms with E-state index in [1.165, 1.54) is 16.7 Å². The van der Waals surface area contributed by atoms with Gasteiger partial charge in [0.2, 0.25) is 0 Å². The normalized spacial score (nSPS) is 18.2. The Balaban J connectivity index is 2.07. The molecule has 2 heterocycles. The van der Waals surface area contributed by atoms with Crippen LogP contribution in [-0.4, -0.2) is 12.6 Å². The molecule has 0 aromatic heterocycles. The Morgan fingerprint density at radius 2 is 2.00 bits per heavy atom. The van der Waals surface area contributed by atoms with Gasteiger partial charge in [0.25, 0.3) is 0 Å². The molecular formula is C25H27NO2. The second kappa shape index (κ2) is 6.61. The third kappa shape index (κ3) is 2.83. The van der Waals surface area contributed by atoms with Crippen molar-refractivity contribution in [3.05, 3.63) is 64.9 Å². The van der Waals surface area contributed by atoms with Crippen LogP contribution in [0.15, 0.2) is 53.8 Å². The first-order chi connectivity index (χ1) is 13.4. The van der Waals surface area contributed by atoms with Crippen LogP contribution in [0.1, 0.15) is 51.8 Å². The fraction of sp³-hybridized carbons (Fsp3) is 0.320. The van der Waals surface area contributed by atoms with E-state index in [0.29, 0.717) is 0 Å². The van der Waals surface area contributed by atoms with Crippen LogP contribution < -0.4 is 14.8 Å². The van der Waals surface area contributed by atoms with Crippen molar-refractivity contribution < 1.29 is 9.47 Å². The predicted molar refractivity (Wildman–Crippen MR) is 116 cm³/mol. The zero-order valence-electron chi connectivity index (χ0n) is 17.4. The highest BCUT2D eigenvalue weighted by Crippen LogP contribution is 2.53. The number of benzene rings is 2. The van der Waals surface area contributed by atoms with Crippen LogP contribution in [0.3, 0.4) is 0 Å². The maximum atomic E-state index is 6.53. The molecule has 3 nitrogen and oxygen atoms in total. The molecule has 0 spiro atoms. The van der Waals surface area contributed by atoms with E-state index in [9.17, 15) is 0 Å². The van der Waals surface area contributed by atoms with E-state index in [1.807, 2.05) is 31.2 Å². The maximum Gasteiger partial charge on any atom is 0.153 e. The molecule has 2 aliphatic rings. The van der Waals surface area contributed by atoms with Gasteiger partial charge in [-0.3, -0.25) is 0 Å². The van der Waals surface area contributed by atoms with Gasteiger partial charge in [-0.1, -0.05) is 18.2 Å². The summed E-state index contributed by atoms with van der Waals surface area (Å²) in [4.78, 5) is 0. The summed E-state index contributed by atoms with van der Waals surface area (Å²) in [6, 6.07) is 10.3. The summed E-state index contributed by atoms with van der Waals surface area (Å²) in [5, 5.41) is 3.66. The fourth-order valence-electron chi connectivity index (χ4n) is 4.47. The lowest BCUT2D eigenvalue weighted by Crippen LogP contribution is -2.32. The van der Waals surface area contributed by atoms with Gasteiger partial charge in [-0.25, -0.2) is 0 Å². The van der Waals surface area contributed by atoms with Crippen LogP contribution in [0, 0.1) is 0 Å². The van der Waals surface area contributed by atoms with Gasteiger partial charge in [0.1, 0.15) is 11.5 Å². The zero-order chi connectivity index (χ0) is 20.1. The predicted octanol–water partition coefficient (Wildman–Crippen LogP) is 6.52. The smallest absolute Gasteiger partial charge is 0.153 e. The molecule has 2 aromatic carbocycles. The number of rotatable bonds is 2. The van der Waals surface area contributed by atoms with Crippen LogP contribution in [0.2, 0.25) is 0 Å². The highest BCUT2D eigenvalue weighted by Gasteiger charge is 2.35. The van der Waals surface area contributed by atoms with Crippen molar-refractivity contribution in [2.75, 3.05) is 12.4 Å². The van der Waals surface area contributed by atoms with Crippen molar-refractivity contribution in [3.8, 4) is 22.6 Å². The van der Waals surface area contributed by atoms with E-state index < -0.39 is 0 Å². The molecule has 0 aliphatic carbocycles. The van der Waals surface area contributed by atoms with Crippen LogP contribution in [0.4, 0.5) is 5.69 Å². The molecule has 0 fully saturated rings. The largest absolute Gasteiger partial charge is 0.496 e. The summed E-state index contributed by atoms with van der Waals surface area (Å²) in [5.41, 5.74) is 11.3. The van der Waals surface area contributed by atoms with Gasteiger partial charge in [-0.05, 0) is 70.0 Å². The lowest BCUT2D eigenvalue weighted by Gasteiger charge is -2.37. The molecule has 144 valence electrons. The van der Waals surface area contributed by atoms with Crippen molar-refractivity contribution in [1.29, 1.82) is 0 Å². The number of hydrogen-bond donors (Lipinski definition) is 1. The molecular weight excluding hydrogens is 346 g/mol. The maximum absolute atomic E-state index is 6.53. The number of nitrogens with one attached hydrogen (secondary N) is 1. The number of methoxy groups -OCH3 is 1. The Hall–Kier alpha value is -2.90. The molecule has 0 saturated heterocycles. The van der Waals surface area contributed by atoms with E-state index in [1.54, 1.807) is 7.11 Å². The average Bonchev–Trinajstić information content (AvgIpc) is 2.65. The van der Waals surface area contributed by atoms with Crippen molar-refractivity contribution in [2.45, 2.75) is 46.3 Å². The van der Waals surface area contributed by atoms with Crippen LogP contribution in [0.5, 0.6) is 11.5 Å². The summed E-state index contributed by atoms with van der Waals surface area (Å²) in [7, 11) is 1.71. The van der Waals surface area contributed by atoms with Crippen molar-refractivity contribution in [2.24, 2.45) is 0 Å². The number of allylic oxidation sites excluding steroid dienone is 1. The van der Waals surface area contributed by atoms with Gasteiger partial charge < -0.3 is 14.8 Å². The summed E-state index contributed by atoms with van der Waals surface area (Å²) >= 11 is 0. The van der Waals surface area contributed by atoms with Gasteiger partial charge in [0, 0.05) is 22.4 Å². The standard InChI is InChI=1S/C25H27NO2/c1-7-9-15(2)24-23-17(22-19(27-6)10-8-11-20(22)28-24)12-13-18-21(23)16(3)14-25(4,5)26-18/h7-8,10-14,24,26H,1-6H3. The molecule has 0 bridgehead atoms. The highest BCUT2D eigenvalue weighted by atomic mass is 16.5. The minimum absolute atomic E-state index is 0.0832. The summed E-state index contributed by atoms with van der Waals surface area (Å²) in [6.45, 7) is 10.6. The zero-order valence-corrected chi connectivity index (χ0v) is 17.4. The molecule has 1 unspecified atom stereocenters. The lowest BCUT2D eigenvalue weighted by molar-refractivity contribution is 0.237. The second-order valence-electron chi connectivity index (χ2n) is 8.07. The second-order valence-corrected chi connectivity index (χ2v) is 8.07. The van der Waals surface area contributed by atoms with Crippen molar-refractivity contribution >= 4 is 11.3 Å². The van der Waals surface area contributed by atoms with Gasteiger partial charge in [-0.2, -0.15) is 0 Å².